The van der Waals surface area contributed by atoms with Gasteiger partial charge in [-0.1, -0.05) is 23.7 Å². The number of methoxy groups -OCH3 is 1. The zero-order valence-electron chi connectivity index (χ0n) is 11.8. The highest BCUT2D eigenvalue weighted by atomic mass is 35.5. The Hall–Kier alpha value is -2.27. The lowest BCUT2D eigenvalue weighted by Gasteiger charge is -2.15. The van der Waals surface area contributed by atoms with Crippen LogP contribution < -0.4 is 15.4 Å². The highest BCUT2D eigenvalue weighted by Crippen LogP contribution is 2.21. The molecule has 0 fully saturated rings. The molecule has 0 aliphatic rings. The van der Waals surface area contributed by atoms with Crippen molar-refractivity contribution in [2.24, 2.45) is 0 Å². The van der Waals surface area contributed by atoms with Gasteiger partial charge in [-0.25, -0.2) is 4.98 Å². The second-order valence-electron chi connectivity index (χ2n) is 4.42. The Bertz CT molecular complexity index is 617. The molecule has 1 atom stereocenters. The van der Waals surface area contributed by atoms with Crippen molar-refractivity contribution in [3.8, 4) is 5.88 Å². The lowest BCUT2D eigenvalue weighted by molar-refractivity contribution is -0.116. The molecule has 0 bridgehead atoms. The molecule has 0 radical (unpaired) electrons. The molecular weight excluding hydrogens is 290 g/mol. The summed E-state index contributed by atoms with van der Waals surface area (Å²) >= 11 is 6.01. The van der Waals surface area contributed by atoms with E-state index in [1.54, 1.807) is 44.5 Å². The van der Waals surface area contributed by atoms with Crippen molar-refractivity contribution in [1.29, 1.82) is 0 Å². The molecule has 1 aromatic carbocycles. The molecular formula is C15H16ClN3O2. The zero-order chi connectivity index (χ0) is 15.2. The number of para-hydroxylation sites is 1. The number of rotatable bonds is 5. The number of amides is 1. The van der Waals surface area contributed by atoms with Crippen LogP contribution in [0.4, 0.5) is 11.4 Å². The highest BCUT2D eigenvalue weighted by molar-refractivity contribution is 6.33. The van der Waals surface area contributed by atoms with Crippen LogP contribution in [0.1, 0.15) is 6.92 Å². The largest absolute Gasteiger partial charge is 0.481 e. The van der Waals surface area contributed by atoms with Crippen LogP contribution in [0.15, 0.2) is 42.6 Å². The first-order valence-corrected chi connectivity index (χ1v) is 6.80. The number of hydrogen-bond acceptors (Lipinski definition) is 4. The van der Waals surface area contributed by atoms with Gasteiger partial charge in [0.1, 0.15) is 6.04 Å². The minimum Gasteiger partial charge on any atom is -0.481 e. The molecule has 1 amide bonds. The second kappa shape index (κ2) is 6.95. The molecule has 110 valence electrons. The summed E-state index contributed by atoms with van der Waals surface area (Å²) < 4.78 is 4.98. The van der Waals surface area contributed by atoms with Gasteiger partial charge in [-0.3, -0.25) is 4.79 Å². The number of benzene rings is 1. The lowest BCUT2D eigenvalue weighted by Crippen LogP contribution is -2.31. The van der Waals surface area contributed by atoms with Crippen LogP contribution in [0.5, 0.6) is 5.88 Å². The lowest BCUT2D eigenvalue weighted by atomic mass is 10.2. The third-order valence-corrected chi connectivity index (χ3v) is 3.18. The summed E-state index contributed by atoms with van der Waals surface area (Å²) in [6.07, 6.45) is 1.61. The van der Waals surface area contributed by atoms with Crippen molar-refractivity contribution in [2.45, 2.75) is 13.0 Å². The molecule has 1 heterocycles. The molecule has 0 spiro atoms. The number of anilines is 2. The maximum absolute atomic E-state index is 12.1. The molecule has 0 aliphatic heterocycles. The molecule has 5 nitrogen and oxygen atoms in total. The predicted octanol–water partition coefficient (Wildman–Crippen LogP) is 3.18. The van der Waals surface area contributed by atoms with Gasteiger partial charge in [-0.15, -0.1) is 0 Å². The van der Waals surface area contributed by atoms with Crippen LogP contribution in [-0.4, -0.2) is 24.0 Å². The Morgan fingerprint density at radius 2 is 2.05 bits per heavy atom. The first-order chi connectivity index (χ1) is 10.1. The Labute approximate surface area is 128 Å². The summed E-state index contributed by atoms with van der Waals surface area (Å²) in [5.41, 5.74) is 1.32. The van der Waals surface area contributed by atoms with E-state index in [9.17, 15) is 4.79 Å². The molecule has 2 aromatic rings. The summed E-state index contributed by atoms with van der Waals surface area (Å²) in [4.78, 5) is 16.2. The average Bonchev–Trinajstić information content (AvgIpc) is 2.50. The third kappa shape index (κ3) is 4.10. The molecule has 1 unspecified atom stereocenters. The van der Waals surface area contributed by atoms with Crippen LogP contribution in [0.25, 0.3) is 0 Å². The predicted molar refractivity (Wildman–Crippen MR) is 84.0 cm³/mol. The van der Waals surface area contributed by atoms with E-state index in [4.69, 9.17) is 16.3 Å². The summed E-state index contributed by atoms with van der Waals surface area (Å²) in [6.45, 7) is 1.76. The maximum atomic E-state index is 12.1. The Kier molecular flexibility index (Phi) is 5.00. The van der Waals surface area contributed by atoms with Gasteiger partial charge in [0.15, 0.2) is 0 Å². The molecule has 0 saturated heterocycles. The Balaban J connectivity index is 1.97. The SMILES string of the molecule is COc1ccc(NC(C)C(=O)Nc2ccccc2Cl)cn1. The van der Waals surface area contributed by atoms with Crippen molar-refractivity contribution in [3.05, 3.63) is 47.6 Å². The monoisotopic (exact) mass is 305 g/mol. The molecule has 6 heteroatoms. The smallest absolute Gasteiger partial charge is 0.246 e. The van der Waals surface area contributed by atoms with Gasteiger partial charge in [0.2, 0.25) is 11.8 Å². The first kappa shape index (κ1) is 15.1. The summed E-state index contributed by atoms with van der Waals surface area (Å²) in [5, 5.41) is 6.34. The van der Waals surface area contributed by atoms with E-state index in [0.29, 0.717) is 16.6 Å². The van der Waals surface area contributed by atoms with Gasteiger partial charge >= 0.3 is 0 Å². The molecule has 1 aromatic heterocycles. The number of nitrogens with one attached hydrogen (secondary N) is 2. The highest BCUT2D eigenvalue weighted by Gasteiger charge is 2.14. The minimum atomic E-state index is -0.434. The van der Waals surface area contributed by atoms with E-state index in [-0.39, 0.29) is 5.91 Å². The summed E-state index contributed by atoms with van der Waals surface area (Å²) in [7, 11) is 1.55. The van der Waals surface area contributed by atoms with Crippen molar-refractivity contribution >= 4 is 28.9 Å². The third-order valence-electron chi connectivity index (χ3n) is 2.85. The second-order valence-corrected chi connectivity index (χ2v) is 4.83. The van der Waals surface area contributed by atoms with E-state index < -0.39 is 6.04 Å². The minimum absolute atomic E-state index is 0.182. The fourth-order valence-electron chi connectivity index (χ4n) is 1.71. The molecule has 21 heavy (non-hydrogen) atoms. The van der Waals surface area contributed by atoms with Crippen LogP contribution in [0.3, 0.4) is 0 Å². The normalized spacial score (nSPS) is 11.6. The number of nitrogens with zero attached hydrogens (tertiary/aromatic N) is 1. The molecule has 0 aliphatic carbocycles. The summed E-state index contributed by atoms with van der Waals surface area (Å²) in [6, 6.07) is 10.2. The van der Waals surface area contributed by atoms with Crippen molar-refractivity contribution in [1.82, 2.24) is 4.98 Å². The van der Waals surface area contributed by atoms with E-state index in [2.05, 4.69) is 15.6 Å². The number of aromatic nitrogens is 1. The van der Waals surface area contributed by atoms with Crippen molar-refractivity contribution in [2.75, 3.05) is 17.7 Å². The number of halogens is 1. The molecule has 2 N–H and O–H groups in total. The quantitative estimate of drug-likeness (QED) is 0.890. The molecule has 2 rings (SSSR count). The topological polar surface area (TPSA) is 63.2 Å². The first-order valence-electron chi connectivity index (χ1n) is 6.42. The number of carbonyl (C=O) groups excluding carboxylic acids is 1. The number of hydrogen-bond donors (Lipinski definition) is 2. The van der Waals surface area contributed by atoms with Gasteiger partial charge in [-0.05, 0) is 25.1 Å². The van der Waals surface area contributed by atoms with Gasteiger partial charge < -0.3 is 15.4 Å². The van der Waals surface area contributed by atoms with Crippen LogP contribution in [-0.2, 0) is 4.79 Å². The number of carbonyl (C=O) groups is 1. The number of ether oxygens (including phenoxy) is 1. The van der Waals surface area contributed by atoms with Gasteiger partial charge in [-0.2, -0.15) is 0 Å². The van der Waals surface area contributed by atoms with Crippen LogP contribution >= 0.6 is 11.6 Å². The van der Waals surface area contributed by atoms with E-state index in [1.165, 1.54) is 0 Å². The number of pyridine rings is 1. The van der Waals surface area contributed by atoms with Crippen LogP contribution in [0.2, 0.25) is 5.02 Å². The van der Waals surface area contributed by atoms with Gasteiger partial charge in [0.25, 0.3) is 0 Å². The van der Waals surface area contributed by atoms with Gasteiger partial charge in [0, 0.05) is 6.07 Å². The fourth-order valence-corrected chi connectivity index (χ4v) is 1.89. The van der Waals surface area contributed by atoms with Crippen molar-refractivity contribution < 1.29 is 9.53 Å². The maximum Gasteiger partial charge on any atom is 0.246 e. The van der Waals surface area contributed by atoms with E-state index >= 15 is 0 Å². The fraction of sp³-hybridized carbons (Fsp3) is 0.200. The van der Waals surface area contributed by atoms with Crippen LogP contribution in [0, 0.1) is 0 Å². The standard InChI is InChI=1S/C15H16ClN3O2/c1-10(18-11-7-8-14(21-2)17-9-11)15(20)19-13-6-4-3-5-12(13)16/h3-10,18H,1-2H3,(H,19,20). The zero-order valence-corrected chi connectivity index (χ0v) is 12.5. The van der Waals surface area contributed by atoms with E-state index in [1.807, 2.05) is 12.1 Å². The Morgan fingerprint density at radius 1 is 1.29 bits per heavy atom. The average molecular weight is 306 g/mol. The van der Waals surface area contributed by atoms with Gasteiger partial charge in [0.05, 0.1) is 29.7 Å². The van der Waals surface area contributed by atoms with E-state index in [0.717, 1.165) is 5.69 Å². The summed E-state index contributed by atoms with van der Waals surface area (Å²) in [5.74, 6) is 0.340. The Morgan fingerprint density at radius 3 is 2.67 bits per heavy atom. The molecule has 0 saturated carbocycles. The van der Waals surface area contributed by atoms with Crippen molar-refractivity contribution in [3.63, 3.8) is 0 Å².